The van der Waals surface area contributed by atoms with Gasteiger partial charge in [-0.15, -0.1) is 0 Å². The van der Waals surface area contributed by atoms with Crippen molar-refractivity contribution in [1.29, 1.82) is 0 Å². The van der Waals surface area contributed by atoms with E-state index >= 15 is 0 Å². The van der Waals surface area contributed by atoms with E-state index < -0.39 is 27.8 Å². The molecule has 0 saturated heterocycles. The van der Waals surface area contributed by atoms with Gasteiger partial charge in [0.2, 0.25) is 5.91 Å². The predicted octanol–water partition coefficient (Wildman–Crippen LogP) is 2.45. The Balaban J connectivity index is 2.84. The third-order valence-electron chi connectivity index (χ3n) is 3.43. The fraction of sp³-hybridized carbons (Fsp3) is 0.467. The van der Waals surface area contributed by atoms with Crippen LogP contribution in [-0.2, 0) is 15.1 Å². The Bertz CT molecular complexity index is 590. The molecule has 0 unspecified atom stereocenters. The second-order valence-corrected chi connectivity index (χ2v) is 6.34. The lowest BCUT2D eigenvalue weighted by Gasteiger charge is -2.28. The quantitative estimate of drug-likeness (QED) is 0.619. The molecule has 0 aliphatic carbocycles. The molecule has 0 heterocycles. The molecule has 1 aromatic carbocycles. The summed E-state index contributed by atoms with van der Waals surface area (Å²) < 4.78 is 0. The number of aliphatic carboxylic acids is 1. The van der Waals surface area contributed by atoms with Crippen molar-refractivity contribution in [2.75, 3.05) is 0 Å². The Morgan fingerprint density at radius 2 is 1.68 bits per heavy atom. The van der Waals surface area contributed by atoms with Crippen LogP contribution in [0.5, 0.6) is 0 Å². The van der Waals surface area contributed by atoms with E-state index in [0.717, 1.165) is 0 Å². The van der Waals surface area contributed by atoms with E-state index in [4.69, 9.17) is 5.11 Å². The van der Waals surface area contributed by atoms with Crippen LogP contribution in [0.3, 0.4) is 0 Å². The molecule has 1 aromatic rings. The summed E-state index contributed by atoms with van der Waals surface area (Å²) >= 11 is 0. The number of benzene rings is 1. The first-order chi connectivity index (χ1) is 9.95. The van der Waals surface area contributed by atoms with Gasteiger partial charge >= 0.3 is 5.97 Å². The number of rotatable bonds is 6. The van der Waals surface area contributed by atoms with Crippen LogP contribution < -0.4 is 5.32 Å². The van der Waals surface area contributed by atoms with Crippen LogP contribution in [0.1, 0.15) is 39.7 Å². The number of hydrogen-bond acceptors (Lipinski definition) is 4. The number of nitro groups is 1. The highest BCUT2D eigenvalue weighted by atomic mass is 16.6. The highest BCUT2D eigenvalue weighted by Crippen LogP contribution is 2.25. The molecule has 0 aromatic heterocycles. The molecule has 2 N–H and O–H groups in total. The van der Waals surface area contributed by atoms with Gasteiger partial charge in [-0.3, -0.25) is 19.7 Å². The summed E-state index contributed by atoms with van der Waals surface area (Å²) in [7, 11) is 0. The van der Waals surface area contributed by atoms with Crippen LogP contribution in [0.25, 0.3) is 0 Å². The number of nitro benzene ring substituents is 1. The van der Waals surface area contributed by atoms with Crippen molar-refractivity contribution < 1.29 is 19.6 Å². The maximum atomic E-state index is 12.0. The molecule has 0 bridgehead atoms. The molecule has 0 spiro atoms. The molecular weight excluding hydrogens is 288 g/mol. The van der Waals surface area contributed by atoms with Crippen LogP contribution >= 0.6 is 0 Å². The molecule has 7 heteroatoms. The van der Waals surface area contributed by atoms with E-state index in [0.29, 0.717) is 5.56 Å². The molecule has 0 aliphatic rings. The van der Waals surface area contributed by atoms with Crippen molar-refractivity contribution in [3.63, 3.8) is 0 Å². The second kappa shape index (κ2) is 6.13. The smallest absolute Gasteiger partial charge is 0.309 e. The van der Waals surface area contributed by atoms with Crippen molar-refractivity contribution in [3.05, 3.63) is 39.9 Å². The normalized spacial score (nSPS) is 11.8. The molecule has 0 fully saturated rings. The third kappa shape index (κ3) is 4.28. The van der Waals surface area contributed by atoms with Gasteiger partial charge in [0.1, 0.15) is 0 Å². The Morgan fingerprint density at radius 3 is 2.09 bits per heavy atom. The van der Waals surface area contributed by atoms with Gasteiger partial charge in [0.05, 0.1) is 15.9 Å². The zero-order valence-electron chi connectivity index (χ0n) is 13.0. The lowest BCUT2D eigenvalue weighted by molar-refractivity contribution is -0.384. The number of non-ortho nitro benzene ring substituents is 1. The van der Waals surface area contributed by atoms with Gasteiger partial charge < -0.3 is 10.4 Å². The average molecular weight is 308 g/mol. The van der Waals surface area contributed by atoms with Crippen molar-refractivity contribution in [3.8, 4) is 0 Å². The molecule has 1 rings (SSSR count). The minimum Gasteiger partial charge on any atom is -0.481 e. The minimum absolute atomic E-state index is 0.0297. The van der Waals surface area contributed by atoms with Crippen molar-refractivity contribution in [2.45, 2.75) is 39.7 Å². The number of hydrogen-bond donors (Lipinski definition) is 2. The number of nitrogens with one attached hydrogen (secondary N) is 1. The maximum Gasteiger partial charge on any atom is 0.309 e. The van der Waals surface area contributed by atoms with Gasteiger partial charge in [-0.25, -0.2) is 0 Å². The summed E-state index contributed by atoms with van der Waals surface area (Å²) in [5.74, 6) is -1.44. The largest absolute Gasteiger partial charge is 0.481 e. The molecule has 22 heavy (non-hydrogen) atoms. The van der Waals surface area contributed by atoms with Gasteiger partial charge in [-0.05, 0) is 45.4 Å². The summed E-state index contributed by atoms with van der Waals surface area (Å²) in [6, 6.07) is 5.87. The summed E-state index contributed by atoms with van der Waals surface area (Å²) in [6.45, 7) is 6.46. The van der Waals surface area contributed by atoms with Gasteiger partial charge in [0.15, 0.2) is 0 Å². The van der Waals surface area contributed by atoms with Crippen LogP contribution in [-0.4, -0.2) is 21.9 Å². The van der Waals surface area contributed by atoms with Gasteiger partial charge in [0, 0.05) is 18.6 Å². The van der Waals surface area contributed by atoms with Crippen LogP contribution in [0.2, 0.25) is 0 Å². The first kappa shape index (κ1) is 17.6. The van der Waals surface area contributed by atoms with E-state index in [9.17, 15) is 19.7 Å². The van der Waals surface area contributed by atoms with Crippen molar-refractivity contribution >= 4 is 17.6 Å². The van der Waals surface area contributed by atoms with Gasteiger partial charge in [-0.2, -0.15) is 0 Å². The Hall–Kier alpha value is -2.44. The van der Waals surface area contributed by atoms with Crippen LogP contribution in [0.15, 0.2) is 24.3 Å². The topological polar surface area (TPSA) is 110 Å². The van der Waals surface area contributed by atoms with Crippen molar-refractivity contribution in [1.82, 2.24) is 5.32 Å². The fourth-order valence-electron chi connectivity index (χ4n) is 1.94. The molecule has 120 valence electrons. The highest BCUT2D eigenvalue weighted by Gasteiger charge is 2.32. The number of carboxylic acid groups (broad SMARTS) is 1. The van der Waals surface area contributed by atoms with Crippen LogP contribution in [0.4, 0.5) is 5.69 Å². The Morgan fingerprint density at radius 1 is 1.18 bits per heavy atom. The van der Waals surface area contributed by atoms with E-state index in [1.165, 1.54) is 26.0 Å². The standard InChI is InChI=1S/C15H20N2O5/c1-14(2,13(19)20)9-12(18)16-15(3,4)10-5-7-11(8-6-10)17(21)22/h5-8H,9H2,1-4H3,(H,16,18)(H,19,20). The summed E-state index contributed by atoms with van der Waals surface area (Å²) in [4.78, 5) is 33.2. The maximum absolute atomic E-state index is 12.0. The monoisotopic (exact) mass is 308 g/mol. The molecule has 0 atom stereocenters. The van der Waals surface area contributed by atoms with E-state index in [2.05, 4.69) is 5.32 Å². The molecule has 1 amide bonds. The highest BCUT2D eigenvalue weighted by molar-refractivity contribution is 5.84. The number of carboxylic acids is 1. The van der Waals surface area contributed by atoms with Crippen LogP contribution in [0, 0.1) is 15.5 Å². The summed E-state index contributed by atoms with van der Waals surface area (Å²) in [6.07, 6.45) is -0.154. The first-order valence-electron chi connectivity index (χ1n) is 6.75. The number of carbonyl (C=O) groups is 2. The molecule has 7 nitrogen and oxygen atoms in total. The first-order valence-corrected chi connectivity index (χ1v) is 6.75. The third-order valence-corrected chi connectivity index (χ3v) is 3.43. The lowest BCUT2D eigenvalue weighted by atomic mass is 9.88. The molecule has 0 radical (unpaired) electrons. The number of nitrogens with zero attached hydrogens (tertiary/aromatic N) is 1. The second-order valence-electron chi connectivity index (χ2n) is 6.34. The fourth-order valence-corrected chi connectivity index (χ4v) is 1.94. The van der Waals surface area contributed by atoms with Gasteiger partial charge in [0.25, 0.3) is 5.69 Å². The van der Waals surface area contributed by atoms with E-state index in [1.54, 1.807) is 26.0 Å². The zero-order chi connectivity index (χ0) is 17.1. The predicted molar refractivity (Wildman–Crippen MR) is 80.3 cm³/mol. The van der Waals surface area contributed by atoms with E-state index in [1.807, 2.05) is 0 Å². The van der Waals surface area contributed by atoms with Crippen molar-refractivity contribution in [2.24, 2.45) is 5.41 Å². The molecule has 0 saturated carbocycles. The van der Waals surface area contributed by atoms with Gasteiger partial charge in [-0.1, -0.05) is 0 Å². The molecule has 0 aliphatic heterocycles. The summed E-state index contributed by atoms with van der Waals surface area (Å²) in [5, 5.41) is 22.4. The zero-order valence-corrected chi connectivity index (χ0v) is 13.0. The SMILES string of the molecule is CC(C)(CC(=O)NC(C)(C)c1ccc([N+](=O)[O-])cc1)C(=O)O. The number of amides is 1. The Labute approximate surface area is 128 Å². The average Bonchev–Trinajstić information content (AvgIpc) is 2.37. The Kier molecular flexibility index (Phi) is 4.91. The molecular formula is C15H20N2O5. The summed E-state index contributed by atoms with van der Waals surface area (Å²) in [5.41, 5.74) is -1.26. The minimum atomic E-state index is -1.16. The lowest BCUT2D eigenvalue weighted by Crippen LogP contribution is -2.43. The number of carbonyl (C=O) groups excluding carboxylic acids is 1. The van der Waals surface area contributed by atoms with E-state index in [-0.39, 0.29) is 12.1 Å².